The van der Waals surface area contributed by atoms with Gasteiger partial charge in [0, 0.05) is 19.8 Å². The molecule has 0 aliphatic carbocycles. The molecular formula is C14H20F2N2O2. The van der Waals surface area contributed by atoms with E-state index < -0.39 is 17.5 Å². The van der Waals surface area contributed by atoms with E-state index in [1.54, 1.807) is 0 Å². The second-order valence-electron chi connectivity index (χ2n) is 4.93. The zero-order valence-corrected chi connectivity index (χ0v) is 11.7. The Labute approximate surface area is 117 Å². The van der Waals surface area contributed by atoms with Crippen molar-refractivity contribution in [1.29, 1.82) is 0 Å². The number of carbonyl (C=O) groups excluding carboxylic acids is 1. The Morgan fingerprint density at radius 3 is 2.75 bits per heavy atom. The molecule has 1 aromatic carbocycles. The van der Waals surface area contributed by atoms with E-state index >= 15 is 0 Å². The Hall–Kier alpha value is -1.69. The van der Waals surface area contributed by atoms with E-state index in [0.717, 1.165) is 12.1 Å². The number of hydrogen-bond donors (Lipinski definition) is 2. The van der Waals surface area contributed by atoms with Gasteiger partial charge in [-0.15, -0.1) is 0 Å². The standard InChI is InChI=1S/C14H20F2N2O2/c1-9(2)8-20-5-3-4-18-14(19)11-6-10(15)7-12(17)13(11)16/h6-7,9H,3-5,8,17H2,1-2H3,(H,18,19). The zero-order valence-electron chi connectivity index (χ0n) is 11.7. The second kappa shape index (κ2) is 7.79. The van der Waals surface area contributed by atoms with E-state index in [1.165, 1.54) is 0 Å². The lowest BCUT2D eigenvalue weighted by Crippen LogP contribution is -2.26. The van der Waals surface area contributed by atoms with Crippen LogP contribution < -0.4 is 11.1 Å². The molecule has 0 spiro atoms. The average Bonchev–Trinajstić information content (AvgIpc) is 2.37. The van der Waals surface area contributed by atoms with Crippen LogP contribution in [0.25, 0.3) is 0 Å². The number of nitrogen functional groups attached to an aromatic ring is 1. The lowest BCUT2D eigenvalue weighted by Gasteiger charge is -2.09. The van der Waals surface area contributed by atoms with Crippen molar-refractivity contribution in [2.45, 2.75) is 20.3 Å². The third-order valence-electron chi connectivity index (χ3n) is 2.51. The van der Waals surface area contributed by atoms with E-state index in [9.17, 15) is 13.6 Å². The van der Waals surface area contributed by atoms with E-state index in [1.807, 2.05) is 13.8 Å². The number of anilines is 1. The minimum atomic E-state index is -0.903. The molecule has 0 bridgehead atoms. The van der Waals surface area contributed by atoms with Gasteiger partial charge in [-0.2, -0.15) is 0 Å². The monoisotopic (exact) mass is 286 g/mol. The van der Waals surface area contributed by atoms with Gasteiger partial charge in [0.15, 0.2) is 5.82 Å². The maximum Gasteiger partial charge on any atom is 0.254 e. The number of nitrogens with two attached hydrogens (primary N) is 1. The molecule has 0 heterocycles. The number of carbonyl (C=O) groups is 1. The molecule has 0 aromatic heterocycles. The molecule has 4 nitrogen and oxygen atoms in total. The van der Waals surface area contributed by atoms with Gasteiger partial charge in [0.1, 0.15) is 5.82 Å². The van der Waals surface area contributed by atoms with Crippen LogP contribution in [0.3, 0.4) is 0 Å². The number of hydrogen-bond acceptors (Lipinski definition) is 3. The minimum Gasteiger partial charge on any atom is -0.396 e. The smallest absolute Gasteiger partial charge is 0.254 e. The van der Waals surface area contributed by atoms with Gasteiger partial charge < -0.3 is 15.8 Å². The van der Waals surface area contributed by atoms with Crippen molar-refractivity contribution in [3.8, 4) is 0 Å². The van der Waals surface area contributed by atoms with Crippen molar-refractivity contribution in [3.63, 3.8) is 0 Å². The fourth-order valence-electron chi connectivity index (χ4n) is 1.57. The van der Waals surface area contributed by atoms with Crippen LogP contribution in [0, 0.1) is 17.6 Å². The van der Waals surface area contributed by atoms with Gasteiger partial charge in [-0.1, -0.05) is 13.8 Å². The predicted octanol–water partition coefficient (Wildman–Crippen LogP) is 2.34. The van der Waals surface area contributed by atoms with Gasteiger partial charge in [-0.05, 0) is 24.5 Å². The summed E-state index contributed by atoms with van der Waals surface area (Å²) in [6.07, 6.45) is 0.602. The first-order valence-electron chi connectivity index (χ1n) is 6.52. The lowest BCUT2D eigenvalue weighted by atomic mass is 10.1. The summed E-state index contributed by atoms with van der Waals surface area (Å²) in [4.78, 5) is 11.7. The van der Waals surface area contributed by atoms with Crippen LogP contribution in [0.5, 0.6) is 0 Å². The molecule has 0 fully saturated rings. The summed E-state index contributed by atoms with van der Waals surface area (Å²) in [6.45, 7) is 5.57. The van der Waals surface area contributed by atoms with Gasteiger partial charge in [-0.3, -0.25) is 4.79 Å². The molecule has 0 saturated carbocycles. The summed E-state index contributed by atoms with van der Waals surface area (Å²) in [6, 6.07) is 1.67. The van der Waals surface area contributed by atoms with Crippen LogP contribution in [0.4, 0.5) is 14.5 Å². The highest BCUT2D eigenvalue weighted by Gasteiger charge is 2.15. The third kappa shape index (κ3) is 5.13. The van der Waals surface area contributed by atoms with E-state index in [4.69, 9.17) is 10.5 Å². The summed E-state index contributed by atoms with van der Waals surface area (Å²) in [5.41, 5.74) is 4.50. The van der Waals surface area contributed by atoms with Crippen molar-refractivity contribution in [1.82, 2.24) is 5.32 Å². The van der Waals surface area contributed by atoms with Crippen LogP contribution in [0.15, 0.2) is 12.1 Å². The predicted molar refractivity (Wildman–Crippen MR) is 73.4 cm³/mol. The van der Waals surface area contributed by atoms with Crippen LogP contribution in [0.1, 0.15) is 30.6 Å². The van der Waals surface area contributed by atoms with Crippen molar-refractivity contribution < 1.29 is 18.3 Å². The molecule has 3 N–H and O–H groups in total. The summed E-state index contributed by atoms with van der Waals surface area (Å²) in [5, 5.41) is 2.50. The lowest BCUT2D eigenvalue weighted by molar-refractivity contribution is 0.0921. The molecule has 0 atom stereocenters. The Morgan fingerprint density at radius 2 is 2.10 bits per heavy atom. The highest BCUT2D eigenvalue weighted by atomic mass is 19.1. The highest BCUT2D eigenvalue weighted by Crippen LogP contribution is 2.17. The zero-order chi connectivity index (χ0) is 15.1. The third-order valence-corrected chi connectivity index (χ3v) is 2.51. The highest BCUT2D eigenvalue weighted by molar-refractivity contribution is 5.95. The summed E-state index contributed by atoms with van der Waals surface area (Å²) in [7, 11) is 0. The van der Waals surface area contributed by atoms with E-state index in [2.05, 4.69) is 5.32 Å². The Kier molecular flexibility index (Phi) is 6.38. The molecule has 1 aromatic rings. The number of benzene rings is 1. The molecule has 0 saturated heterocycles. The number of nitrogens with one attached hydrogen (secondary N) is 1. The first kappa shape index (κ1) is 16.4. The van der Waals surface area contributed by atoms with Gasteiger partial charge in [0.2, 0.25) is 0 Å². The van der Waals surface area contributed by atoms with Crippen molar-refractivity contribution in [2.75, 3.05) is 25.5 Å². The van der Waals surface area contributed by atoms with E-state index in [-0.39, 0.29) is 11.3 Å². The first-order chi connectivity index (χ1) is 9.41. The van der Waals surface area contributed by atoms with Crippen LogP contribution >= 0.6 is 0 Å². The minimum absolute atomic E-state index is 0.326. The number of halogens is 2. The molecule has 6 heteroatoms. The van der Waals surface area contributed by atoms with Crippen LogP contribution in [0.2, 0.25) is 0 Å². The largest absolute Gasteiger partial charge is 0.396 e. The Bertz CT molecular complexity index is 465. The average molecular weight is 286 g/mol. The molecule has 0 aliphatic rings. The van der Waals surface area contributed by atoms with Gasteiger partial charge in [0.25, 0.3) is 5.91 Å². The van der Waals surface area contributed by atoms with Gasteiger partial charge >= 0.3 is 0 Å². The SMILES string of the molecule is CC(C)COCCCNC(=O)c1cc(F)cc(N)c1F. The normalized spacial score (nSPS) is 10.8. The Balaban J connectivity index is 2.40. The number of ether oxygens (including phenoxy) is 1. The molecule has 1 rings (SSSR count). The molecule has 112 valence electrons. The molecule has 0 unspecified atom stereocenters. The van der Waals surface area contributed by atoms with Gasteiger partial charge in [-0.25, -0.2) is 8.78 Å². The van der Waals surface area contributed by atoms with Crippen molar-refractivity contribution in [2.24, 2.45) is 5.92 Å². The quantitative estimate of drug-likeness (QED) is 0.597. The van der Waals surface area contributed by atoms with Gasteiger partial charge in [0.05, 0.1) is 11.3 Å². The second-order valence-corrected chi connectivity index (χ2v) is 4.93. The molecule has 1 amide bonds. The maximum absolute atomic E-state index is 13.6. The summed E-state index contributed by atoms with van der Waals surface area (Å²) in [5.74, 6) is -1.87. The first-order valence-corrected chi connectivity index (χ1v) is 6.52. The van der Waals surface area contributed by atoms with E-state index in [0.29, 0.717) is 32.1 Å². The summed E-state index contributed by atoms with van der Waals surface area (Å²) < 4.78 is 32.0. The number of rotatable bonds is 7. The molecule has 0 radical (unpaired) electrons. The van der Waals surface area contributed by atoms with Crippen molar-refractivity contribution in [3.05, 3.63) is 29.3 Å². The summed E-state index contributed by atoms with van der Waals surface area (Å²) >= 11 is 0. The Morgan fingerprint density at radius 1 is 1.40 bits per heavy atom. The molecule has 0 aliphatic heterocycles. The molecule has 20 heavy (non-hydrogen) atoms. The number of amides is 1. The van der Waals surface area contributed by atoms with Crippen molar-refractivity contribution >= 4 is 11.6 Å². The van der Waals surface area contributed by atoms with Crippen LogP contribution in [-0.4, -0.2) is 25.7 Å². The fourth-order valence-corrected chi connectivity index (χ4v) is 1.57. The topological polar surface area (TPSA) is 64.3 Å². The van der Waals surface area contributed by atoms with Crippen LogP contribution in [-0.2, 0) is 4.74 Å². The fraction of sp³-hybridized carbons (Fsp3) is 0.500. The molecular weight excluding hydrogens is 266 g/mol. The maximum atomic E-state index is 13.6.